The Labute approximate surface area is 163 Å². The lowest BCUT2D eigenvalue weighted by atomic mass is 10.1. The summed E-state index contributed by atoms with van der Waals surface area (Å²) in [5, 5.41) is 3.15. The van der Waals surface area contributed by atoms with Crippen LogP contribution in [-0.2, 0) is 9.53 Å². The van der Waals surface area contributed by atoms with Gasteiger partial charge in [0.25, 0.3) is 5.91 Å². The fraction of sp³-hybridized carbons (Fsp3) is 0.300. The Hall–Kier alpha value is -2.73. The number of halogens is 1. The molecule has 2 aromatic rings. The number of anilines is 1. The normalized spacial score (nSPS) is 14.0. The molecule has 2 amide bonds. The van der Waals surface area contributed by atoms with E-state index in [1.54, 1.807) is 4.90 Å². The van der Waals surface area contributed by atoms with Crippen molar-refractivity contribution in [3.8, 4) is 11.1 Å². The van der Waals surface area contributed by atoms with Crippen molar-refractivity contribution in [2.45, 2.75) is 0 Å². The van der Waals surface area contributed by atoms with Crippen molar-refractivity contribution in [2.75, 3.05) is 44.7 Å². The highest BCUT2D eigenvalue weighted by Crippen LogP contribution is 2.25. The molecule has 142 valence electrons. The van der Waals surface area contributed by atoms with E-state index in [0.717, 1.165) is 34.9 Å². The van der Waals surface area contributed by atoms with Gasteiger partial charge in [-0.05, 0) is 35.4 Å². The van der Waals surface area contributed by atoms with Gasteiger partial charge in [0.05, 0.1) is 0 Å². The molecule has 0 radical (unpaired) electrons. The molecule has 1 heterocycles. The van der Waals surface area contributed by atoms with Crippen LogP contribution in [-0.4, -0.2) is 56.7 Å². The van der Waals surface area contributed by atoms with Gasteiger partial charge in [-0.3, -0.25) is 4.79 Å². The van der Waals surface area contributed by atoms with Gasteiger partial charge < -0.3 is 19.9 Å². The summed E-state index contributed by atoms with van der Waals surface area (Å²) in [4.78, 5) is 27.0. The standard InChI is InChI=1S/C20H22ClN3O3/c1-22-19(25)14-27-20(26)24-12-10-23(11-13-24)18-8-4-16(5-9-18)15-2-6-17(21)7-3-15/h2-9H,10-14H2,1H3,(H,22,25). The third-order valence-corrected chi connectivity index (χ3v) is 4.81. The Bertz CT molecular complexity index is 785. The van der Waals surface area contributed by atoms with Gasteiger partial charge in [0.1, 0.15) is 0 Å². The third-order valence-electron chi connectivity index (χ3n) is 4.55. The molecule has 0 atom stereocenters. The Morgan fingerprint density at radius 1 is 0.963 bits per heavy atom. The lowest BCUT2D eigenvalue weighted by Crippen LogP contribution is -2.49. The SMILES string of the molecule is CNC(=O)COC(=O)N1CCN(c2ccc(-c3ccc(Cl)cc3)cc2)CC1. The van der Waals surface area contributed by atoms with Crippen LogP contribution < -0.4 is 10.2 Å². The van der Waals surface area contributed by atoms with Crippen LogP contribution in [0.1, 0.15) is 0 Å². The highest BCUT2D eigenvalue weighted by molar-refractivity contribution is 6.30. The lowest BCUT2D eigenvalue weighted by molar-refractivity contribution is -0.123. The van der Waals surface area contributed by atoms with Gasteiger partial charge in [-0.15, -0.1) is 0 Å². The first-order valence-corrected chi connectivity index (χ1v) is 9.18. The maximum absolute atomic E-state index is 12.0. The molecule has 0 aromatic heterocycles. The van der Waals surface area contributed by atoms with Gasteiger partial charge >= 0.3 is 6.09 Å². The highest BCUT2D eigenvalue weighted by atomic mass is 35.5. The molecule has 0 bridgehead atoms. The minimum atomic E-state index is -0.448. The summed E-state index contributed by atoms with van der Waals surface area (Å²) < 4.78 is 5.00. The molecule has 1 saturated heterocycles. The molecule has 1 N–H and O–H groups in total. The topological polar surface area (TPSA) is 61.9 Å². The van der Waals surface area contributed by atoms with Crippen LogP contribution in [0.3, 0.4) is 0 Å². The van der Waals surface area contributed by atoms with E-state index in [1.807, 2.05) is 24.3 Å². The number of hydrogen-bond donors (Lipinski definition) is 1. The number of hydrogen-bond acceptors (Lipinski definition) is 4. The van der Waals surface area contributed by atoms with Gasteiger partial charge in [0.2, 0.25) is 0 Å². The predicted octanol–water partition coefficient (Wildman–Crippen LogP) is 3.01. The summed E-state index contributed by atoms with van der Waals surface area (Å²) in [6.45, 7) is 2.31. The number of benzene rings is 2. The molecule has 27 heavy (non-hydrogen) atoms. The Kier molecular flexibility index (Phi) is 6.19. The van der Waals surface area contributed by atoms with Crippen molar-refractivity contribution in [3.63, 3.8) is 0 Å². The molecule has 0 unspecified atom stereocenters. The Morgan fingerprint density at radius 3 is 2.07 bits per heavy atom. The molecule has 3 rings (SSSR count). The molecule has 0 spiro atoms. The Balaban J connectivity index is 1.54. The van der Waals surface area contributed by atoms with E-state index in [9.17, 15) is 9.59 Å². The van der Waals surface area contributed by atoms with Crippen LogP contribution in [0.2, 0.25) is 5.02 Å². The van der Waals surface area contributed by atoms with Crippen LogP contribution in [0.15, 0.2) is 48.5 Å². The van der Waals surface area contributed by atoms with Gasteiger partial charge in [-0.2, -0.15) is 0 Å². The molecule has 7 heteroatoms. The zero-order valence-electron chi connectivity index (χ0n) is 15.2. The minimum absolute atomic E-state index is 0.248. The van der Waals surface area contributed by atoms with Crippen LogP contribution >= 0.6 is 11.6 Å². The average Bonchev–Trinajstić information content (AvgIpc) is 2.72. The number of rotatable bonds is 4. The average molecular weight is 388 g/mol. The summed E-state index contributed by atoms with van der Waals surface area (Å²) in [5.41, 5.74) is 3.37. The second-order valence-corrected chi connectivity index (χ2v) is 6.69. The highest BCUT2D eigenvalue weighted by Gasteiger charge is 2.22. The molecule has 0 aliphatic carbocycles. The second-order valence-electron chi connectivity index (χ2n) is 6.26. The number of likely N-dealkylation sites (N-methyl/N-ethyl adjacent to an activating group) is 1. The van der Waals surface area contributed by atoms with Crippen molar-refractivity contribution >= 4 is 29.3 Å². The number of carbonyl (C=O) groups is 2. The van der Waals surface area contributed by atoms with E-state index in [4.69, 9.17) is 16.3 Å². The van der Waals surface area contributed by atoms with Crippen molar-refractivity contribution in [2.24, 2.45) is 0 Å². The van der Waals surface area contributed by atoms with Gasteiger partial charge in [0, 0.05) is 43.9 Å². The monoisotopic (exact) mass is 387 g/mol. The Morgan fingerprint density at radius 2 is 1.52 bits per heavy atom. The van der Waals surface area contributed by atoms with Gasteiger partial charge in [0.15, 0.2) is 6.61 Å². The van der Waals surface area contributed by atoms with E-state index < -0.39 is 6.09 Å². The summed E-state index contributed by atoms with van der Waals surface area (Å²) in [5.74, 6) is -0.317. The number of carbonyl (C=O) groups excluding carboxylic acids is 2. The largest absolute Gasteiger partial charge is 0.439 e. The maximum Gasteiger partial charge on any atom is 0.410 e. The molecule has 0 saturated carbocycles. The number of nitrogens with zero attached hydrogens (tertiary/aromatic N) is 2. The number of amides is 2. The minimum Gasteiger partial charge on any atom is -0.439 e. The van der Waals surface area contributed by atoms with E-state index >= 15 is 0 Å². The van der Waals surface area contributed by atoms with E-state index in [0.29, 0.717) is 13.1 Å². The fourth-order valence-corrected chi connectivity index (χ4v) is 3.07. The van der Waals surface area contributed by atoms with Crippen LogP contribution in [0.25, 0.3) is 11.1 Å². The third kappa shape index (κ3) is 4.92. The summed E-state index contributed by atoms with van der Waals surface area (Å²) in [6.07, 6.45) is -0.448. The quantitative estimate of drug-likeness (QED) is 0.876. The molecule has 1 fully saturated rings. The fourth-order valence-electron chi connectivity index (χ4n) is 2.95. The number of ether oxygens (including phenoxy) is 1. The van der Waals surface area contributed by atoms with Gasteiger partial charge in [-0.1, -0.05) is 35.9 Å². The molecule has 1 aliphatic rings. The molecule has 2 aromatic carbocycles. The molecular weight excluding hydrogens is 366 g/mol. The van der Waals surface area contributed by atoms with E-state index in [1.165, 1.54) is 7.05 Å². The zero-order valence-corrected chi connectivity index (χ0v) is 15.9. The summed E-state index contributed by atoms with van der Waals surface area (Å²) in [7, 11) is 1.51. The van der Waals surface area contributed by atoms with E-state index in [2.05, 4.69) is 34.5 Å². The predicted molar refractivity (Wildman–Crippen MR) is 106 cm³/mol. The maximum atomic E-state index is 12.0. The van der Waals surface area contributed by atoms with Crippen LogP contribution in [0, 0.1) is 0 Å². The lowest BCUT2D eigenvalue weighted by Gasteiger charge is -2.35. The summed E-state index contributed by atoms with van der Waals surface area (Å²) >= 11 is 5.94. The first-order valence-electron chi connectivity index (χ1n) is 8.80. The van der Waals surface area contributed by atoms with Gasteiger partial charge in [-0.25, -0.2) is 4.79 Å². The smallest absolute Gasteiger partial charge is 0.410 e. The van der Waals surface area contributed by atoms with Crippen molar-refractivity contribution in [1.29, 1.82) is 0 Å². The molecule has 1 aliphatic heterocycles. The van der Waals surface area contributed by atoms with Crippen LogP contribution in [0.5, 0.6) is 0 Å². The van der Waals surface area contributed by atoms with E-state index in [-0.39, 0.29) is 12.5 Å². The number of nitrogens with one attached hydrogen (secondary N) is 1. The molecular formula is C20H22ClN3O3. The van der Waals surface area contributed by atoms with Crippen molar-refractivity contribution < 1.29 is 14.3 Å². The summed E-state index contributed by atoms with van der Waals surface area (Å²) in [6, 6.07) is 16.1. The second kappa shape index (κ2) is 8.77. The van der Waals surface area contributed by atoms with Crippen molar-refractivity contribution in [3.05, 3.63) is 53.6 Å². The molecule has 6 nitrogen and oxygen atoms in total. The van der Waals surface area contributed by atoms with Crippen molar-refractivity contribution in [1.82, 2.24) is 10.2 Å². The first-order chi connectivity index (χ1) is 13.1. The zero-order chi connectivity index (χ0) is 19.2. The number of piperazine rings is 1. The first kappa shape index (κ1) is 19.0. The van der Waals surface area contributed by atoms with Crippen LogP contribution in [0.4, 0.5) is 10.5 Å².